The van der Waals surface area contributed by atoms with Gasteiger partial charge in [0.25, 0.3) is 0 Å². The first-order valence-corrected chi connectivity index (χ1v) is 7.31. The number of nitrogens with zero attached hydrogens (tertiary/aromatic N) is 3. The Hall–Kier alpha value is -1.35. The van der Waals surface area contributed by atoms with Gasteiger partial charge in [-0.15, -0.1) is 0 Å². The molecule has 19 heavy (non-hydrogen) atoms. The molecule has 2 heterocycles. The van der Waals surface area contributed by atoms with Crippen molar-refractivity contribution in [2.75, 3.05) is 20.6 Å². The lowest BCUT2D eigenvalue weighted by atomic mass is 9.79. The molecule has 0 amide bonds. The fraction of sp³-hybridized carbons (Fsp3) is 0.562. The summed E-state index contributed by atoms with van der Waals surface area (Å²) in [5.74, 6) is 1.59. The van der Waals surface area contributed by atoms with Crippen LogP contribution in [0.5, 0.6) is 0 Å². The Morgan fingerprint density at radius 1 is 1.21 bits per heavy atom. The van der Waals surface area contributed by atoms with E-state index in [9.17, 15) is 0 Å². The van der Waals surface area contributed by atoms with E-state index in [-0.39, 0.29) is 0 Å². The molecule has 2 aromatic rings. The molecule has 0 bridgehead atoms. The van der Waals surface area contributed by atoms with Crippen LogP contribution in [0.25, 0.3) is 5.52 Å². The Kier molecular flexibility index (Phi) is 3.56. The van der Waals surface area contributed by atoms with E-state index in [1.807, 2.05) is 16.8 Å². The Balaban J connectivity index is 1.71. The van der Waals surface area contributed by atoms with Gasteiger partial charge in [0.1, 0.15) is 0 Å². The van der Waals surface area contributed by atoms with Crippen molar-refractivity contribution >= 4 is 5.52 Å². The molecule has 0 aliphatic heterocycles. The predicted octanol–water partition coefficient (Wildman–Crippen LogP) is 3.17. The van der Waals surface area contributed by atoms with Gasteiger partial charge < -0.3 is 4.90 Å². The van der Waals surface area contributed by atoms with Crippen molar-refractivity contribution in [1.82, 2.24) is 14.5 Å². The molecule has 3 nitrogen and oxygen atoms in total. The Labute approximate surface area is 115 Å². The third-order valence-electron chi connectivity index (χ3n) is 4.37. The zero-order valence-corrected chi connectivity index (χ0v) is 11.9. The van der Waals surface area contributed by atoms with Crippen molar-refractivity contribution in [2.24, 2.45) is 5.92 Å². The van der Waals surface area contributed by atoms with Crippen LogP contribution in [0.1, 0.15) is 37.2 Å². The van der Waals surface area contributed by atoms with E-state index in [0.29, 0.717) is 5.92 Å². The fourth-order valence-corrected chi connectivity index (χ4v) is 3.44. The fourth-order valence-electron chi connectivity index (χ4n) is 3.44. The molecule has 1 aliphatic carbocycles. The van der Waals surface area contributed by atoms with E-state index < -0.39 is 0 Å². The van der Waals surface area contributed by atoms with Crippen LogP contribution in [0.15, 0.2) is 30.6 Å². The standard InChI is InChI=1S/C16H23N3/c1-18(2)12-13-6-8-14(9-7-13)15-11-17-19-10-4-3-5-16(15)19/h3-5,10-11,13-14H,6-9,12H2,1-2H3/t13-,14-. The number of hydrogen-bond acceptors (Lipinski definition) is 2. The van der Waals surface area contributed by atoms with Crippen LogP contribution >= 0.6 is 0 Å². The number of fused-ring (bicyclic) bond motifs is 1. The molecule has 0 spiro atoms. The SMILES string of the molecule is CN(C)C[C@H]1CC[C@H](c2cnn3ccccc23)CC1. The van der Waals surface area contributed by atoms with Gasteiger partial charge in [-0.2, -0.15) is 5.10 Å². The van der Waals surface area contributed by atoms with Crippen LogP contribution in [-0.2, 0) is 0 Å². The largest absolute Gasteiger partial charge is 0.309 e. The molecule has 2 aromatic heterocycles. The van der Waals surface area contributed by atoms with E-state index in [2.05, 4.69) is 42.4 Å². The lowest BCUT2D eigenvalue weighted by molar-refractivity contribution is 0.250. The highest BCUT2D eigenvalue weighted by molar-refractivity contribution is 5.55. The van der Waals surface area contributed by atoms with Gasteiger partial charge in [-0.05, 0) is 63.7 Å². The Morgan fingerprint density at radius 3 is 2.74 bits per heavy atom. The van der Waals surface area contributed by atoms with Gasteiger partial charge in [-0.3, -0.25) is 0 Å². The van der Waals surface area contributed by atoms with Crippen molar-refractivity contribution in [2.45, 2.75) is 31.6 Å². The average Bonchev–Trinajstić information content (AvgIpc) is 2.83. The molecule has 3 heteroatoms. The molecule has 0 N–H and O–H groups in total. The highest BCUT2D eigenvalue weighted by Crippen LogP contribution is 2.37. The van der Waals surface area contributed by atoms with E-state index in [0.717, 1.165) is 5.92 Å². The summed E-state index contributed by atoms with van der Waals surface area (Å²) in [6.45, 7) is 1.24. The summed E-state index contributed by atoms with van der Waals surface area (Å²) >= 11 is 0. The first-order chi connectivity index (χ1) is 9.24. The van der Waals surface area contributed by atoms with Crippen LogP contribution < -0.4 is 0 Å². The molecule has 0 radical (unpaired) electrons. The quantitative estimate of drug-likeness (QED) is 0.842. The van der Waals surface area contributed by atoms with Gasteiger partial charge in [-0.25, -0.2) is 4.52 Å². The molecule has 1 saturated carbocycles. The van der Waals surface area contributed by atoms with Crippen LogP contribution in [0.3, 0.4) is 0 Å². The van der Waals surface area contributed by atoms with Gasteiger partial charge in [-0.1, -0.05) is 6.07 Å². The lowest BCUT2D eigenvalue weighted by Crippen LogP contribution is -2.25. The van der Waals surface area contributed by atoms with Gasteiger partial charge in [0.05, 0.1) is 11.7 Å². The summed E-state index contributed by atoms with van der Waals surface area (Å²) in [4.78, 5) is 2.32. The topological polar surface area (TPSA) is 20.5 Å². The van der Waals surface area contributed by atoms with Gasteiger partial charge >= 0.3 is 0 Å². The molecule has 1 aliphatic rings. The maximum absolute atomic E-state index is 4.47. The summed E-state index contributed by atoms with van der Waals surface area (Å²) in [5, 5.41) is 4.47. The molecule has 0 atom stereocenters. The maximum Gasteiger partial charge on any atom is 0.0696 e. The van der Waals surface area contributed by atoms with Crippen LogP contribution in [-0.4, -0.2) is 35.2 Å². The van der Waals surface area contributed by atoms with E-state index in [1.165, 1.54) is 43.3 Å². The lowest BCUT2D eigenvalue weighted by Gasteiger charge is -2.30. The van der Waals surface area contributed by atoms with Crippen LogP contribution in [0.4, 0.5) is 0 Å². The monoisotopic (exact) mass is 257 g/mol. The predicted molar refractivity (Wildman–Crippen MR) is 78.4 cm³/mol. The average molecular weight is 257 g/mol. The van der Waals surface area contributed by atoms with E-state index in [4.69, 9.17) is 0 Å². The van der Waals surface area contributed by atoms with Gasteiger partial charge in [0, 0.05) is 18.3 Å². The molecule has 3 rings (SSSR count). The zero-order valence-electron chi connectivity index (χ0n) is 11.9. The minimum absolute atomic E-state index is 0.707. The summed E-state index contributed by atoms with van der Waals surface area (Å²) in [5.41, 5.74) is 2.74. The van der Waals surface area contributed by atoms with Crippen LogP contribution in [0, 0.1) is 5.92 Å². The van der Waals surface area contributed by atoms with Crippen molar-refractivity contribution in [3.05, 3.63) is 36.2 Å². The van der Waals surface area contributed by atoms with Gasteiger partial charge in [0.2, 0.25) is 0 Å². The summed E-state index contributed by atoms with van der Waals surface area (Å²) < 4.78 is 2.00. The number of hydrogen-bond donors (Lipinski definition) is 0. The second-order valence-corrected chi connectivity index (χ2v) is 6.11. The molecule has 102 valence electrons. The smallest absolute Gasteiger partial charge is 0.0696 e. The van der Waals surface area contributed by atoms with Crippen molar-refractivity contribution < 1.29 is 0 Å². The Bertz CT molecular complexity index is 536. The molecular weight excluding hydrogens is 234 g/mol. The second kappa shape index (κ2) is 5.33. The van der Waals surface area contributed by atoms with E-state index >= 15 is 0 Å². The van der Waals surface area contributed by atoms with Crippen molar-refractivity contribution in [3.8, 4) is 0 Å². The number of pyridine rings is 1. The Morgan fingerprint density at radius 2 is 2.00 bits per heavy atom. The zero-order chi connectivity index (χ0) is 13.2. The van der Waals surface area contributed by atoms with Crippen molar-refractivity contribution in [3.63, 3.8) is 0 Å². The van der Waals surface area contributed by atoms with Crippen LogP contribution in [0.2, 0.25) is 0 Å². The molecule has 0 unspecified atom stereocenters. The molecule has 1 fully saturated rings. The molecular formula is C16H23N3. The summed E-state index contributed by atoms with van der Waals surface area (Å²) in [7, 11) is 4.36. The number of aromatic nitrogens is 2. The maximum atomic E-state index is 4.47. The minimum atomic E-state index is 0.707. The first kappa shape index (κ1) is 12.7. The highest BCUT2D eigenvalue weighted by Gasteiger charge is 2.24. The second-order valence-electron chi connectivity index (χ2n) is 6.11. The number of rotatable bonds is 3. The highest BCUT2D eigenvalue weighted by atomic mass is 15.2. The summed E-state index contributed by atoms with van der Waals surface area (Å²) in [6, 6.07) is 6.34. The normalized spacial score (nSPS) is 24.2. The molecule has 0 aromatic carbocycles. The third-order valence-corrected chi connectivity index (χ3v) is 4.37. The minimum Gasteiger partial charge on any atom is -0.309 e. The van der Waals surface area contributed by atoms with Gasteiger partial charge in [0.15, 0.2) is 0 Å². The van der Waals surface area contributed by atoms with Crippen molar-refractivity contribution in [1.29, 1.82) is 0 Å². The third kappa shape index (κ3) is 2.66. The van der Waals surface area contributed by atoms with E-state index in [1.54, 1.807) is 0 Å². The summed E-state index contributed by atoms with van der Waals surface area (Å²) in [6.07, 6.45) is 9.45. The first-order valence-electron chi connectivity index (χ1n) is 7.31. The molecule has 0 saturated heterocycles.